The average molecular weight is 196 g/mol. The SMILES string of the molecule is Cc1cc2nc(C)c(N)n2cc1Cl. The number of imidazole rings is 1. The third kappa shape index (κ3) is 1.16. The van der Waals surface area contributed by atoms with Crippen LogP contribution in [0, 0.1) is 13.8 Å². The van der Waals surface area contributed by atoms with E-state index < -0.39 is 0 Å². The molecule has 0 aliphatic carbocycles. The van der Waals surface area contributed by atoms with Gasteiger partial charge in [-0.15, -0.1) is 0 Å². The molecule has 0 unspecified atom stereocenters. The lowest BCUT2D eigenvalue weighted by Crippen LogP contribution is -1.94. The zero-order valence-corrected chi connectivity index (χ0v) is 8.26. The fourth-order valence-electron chi connectivity index (χ4n) is 1.30. The second-order valence-electron chi connectivity index (χ2n) is 3.12. The van der Waals surface area contributed by atoms with Crippen molar-refractivity contribution < 1.29 is 0 Å². The molecule has 0 saturated heterocycles. The van der Waals surface area contributed by atoms with E-state index in [0.717, 1.165) is 16.9 Å². The number of pyridine rings is 1. The van der Waals surface area contributed by atoms with Crippen LogP contribution in [-0.2, 0) is 0 Å². The number of hydrogen-bond donors (Lipinski definition) is 1. The smallest absolute Gasteiger partial charge is 0.139 e. The van der Waals surface area contributed by atoms with E-state index in [0.29, 0.717) is 10.8 Å². The number of aryl methyl sites for hydroxylation is 2. The Labute approximate surface area is 81.1 Å². The number of nitrogen functional groups attached to an aromatic ring is 1. The molecule has 3 nitrogen and oxygen atoms in total. The van der Waals surface area contributed by atoms with Crippen LogP contribution < -0.4 is 5.73 Å². The molecule has 13 heavy (non-hydrogen) atoms. The van der Waals surface area contributed by atoms with Crippen molar-refractivity contribution in [1.82, 2.24) is 9.38 Å². The number of rotatable bonds is 0. The van der Waals surface area contributed by atoms with Gasteiger partial charge in [0.25, 0.3) is 0 Å². The van der Waals surface area contributed by atoms with E-state index in [-0.39, 0.29) is 0 Å². The van der Waals surface area contributed by atoms with Gasteiger partial charge in [-0.1, -0.05) is 11.6 Å². The Morgan fingerprint density at radius 3 is 2.85 bits per heavy atom. The zero-order valence-electron chi connectivity index (χ0n) is 7.50. The molecule has 0 aliphatic heterocycles. The van der Waals surface area contributed by atoms with Crippen LogP contribution in [0.5, 0.6) is 0 Å². The van der Waals surface area contributed by atoms with E-state index in [4.69, 9.17) is 17.3 Å². The standard InChI is InChI=1S/C9H10ClN3/c1-5-3-8-12-6(2)9(11)13(8)4-7(5)10/h3-4H,11H2,1-2H3. The van der Waals surface area contributed by atoms with Crippen molar-refractivity contribution in [2.45, 2.75) is 13.8 Å². The van der Waals surface area contributed by atoms with Gasteiger partial charge in [0.15, 0.2) is 0 Å². The Morgan fingerprint density at radius 2 is 2.15 bits per heavy atom. The van der Waals surface area contributed by atoms with Crippen molar-refractivity contribution in [2.75, 3.05) is 5.73 Å². The van der Waals surface area contributed by atoms with Gasteiger partial charge in [0, 0.05) is 6.20 Å². The van der Waals surface area contributed by atoms with Crippen LogP contribution in [0.4, 0.5) is 5.82 Å². The summed E-state index contributed by atoms with van der Waals surface area (Å²) in [5, 5.41) is 0.705. The summed E-state index contributed by atoms with van der Waals surface area (Å²) in [5.41, 5.74) is 8.49. The Balaban J connectivity index is 2.89. The van der Waals surface area contributed by atoms with Gasteiger partial charge in [-0.2, -0.15) is 0 Å². The Hall–Kier alpha value is -1.22. The van der Waals surface area contributed by atoms with E-state index in [1.54, 1.807) is 10.6 Å². The van der Waals surface area contributed by atoms with E-state index >= 15 is 0 Å². The highest BCUT2D eigenvalue weighted by Gasteiger charge is 2.06. The Kier molecular flexibility index (Phi) is 1.70. The molecular weight excluding hydrogens is 186 g/mol. The predicted octanol–water partition coefficient (Wildman–Crippen LogP) is 2.19. The first-order valence-corrected chi connectivity index (χ1v) is 4.37. The highest BCUT2D eigenvalue weighted by molar-refractivity contribution is 6.31. The van der Waals surface area contributed by atoms with Crippen LogP contribution in [0.15, 0.2) is 12.3 Å². The van der Waals surface area contributed by atoms with Crippen LogP contribution in [0.1, 0.15) is 11.3 Å². The maximum Gasteiger partial charge on any atom is 0.139 e. The molecule has 0 fully saturated rings. The minimum absolute atomic E-state index is 0.650. The minimum Gasteiger partial charge on any atom is -0.383 e. The monoisotopic (exact) mass is 195 g/mol. The Bertz CT molecular complexity index is 473. The zero-order chi connectivity index (χ0) is 9.59. The van der Waals surface area contributed by atoms with Crippen molar-refractivity contribution in [3.8, 4) is 0 Å². The number of fused-ring (bicyclic) bond motifs is 1. The molecule has 0 saturated carbocycles. The lowest BCUT2D eigenvalue weighted by Gasteiger charge is -2.00. The van der Waals surface area contributed by atoms with Crippen LogP contribution in [0.25, 0.3) is 5.65 Å². The topological polar surface area (TPSA) is 43.3 Å². The van der Waals surface area contributed by atoms with Crippen LogP contribution in [0.3, 0.4) is 0 Å². The van der Waals surface area contributed by atoms with Gasteiger partial charge >= 0.3 is 0 Å². The van der Waals surface area contributed by atoms with Crippen molar-refractivity contribution in [3.63, 3.8) is 0 Å². The normalized spacial score (nSPS) is 11.0. The van der Waals surface area contributed by atoms with Crippen molar-refractivity contribution >= 4 is 23.1 Å². The maximum absolute atomic E-state index is 5.96. The van der Waals surface area contributed by atoms with Gasteiger partial charge < -0.3 is 5.73 Å². The third-order valence-electron chi connectivity index (χ3n) is 2.12. The number of nitrogens with two attached hydrogens (primary N) is 1. The first kappa shape index (κ1) is 8.38. The van der Waals surface area contributed by atoms with Gasteiger partial charge in [-0.25, -0.2) is 4.98 Å². The highest BCUT2D eigenvalue weighted by atomic mass is 35.5. The molecule has 4 heteroatoms. The molecule has 0 atom stereocenters. The van der Waals surface area contributed by atoms with Gasteiger partial charge in [0.2, 0.25) is 0 Å². The van der Waals surface area contributed by atoms with Gasteiger partial charge in [0.1, 0.15) is 11.5 Å². The molecule has 68 valence electrons. The number of halogens is 1. The molecule has 0 aromatic carbocycles. The van der Waals surface area contributed by atoms with E-state index in [9.17, 15) is 0 Å². The summed E-state index contributed by atoms with van der Waals surface area (Å²) in [6.07, 6.45) is 1.79. The molecule has 2 heterocycles. The van der Waals surface area contributed by atoms with Crippen molar-refractivity contribution in [3.05, 3.63) is 28.5 Å². The van der Waals surface area contributed by atoms with Crippen LogP contribution >= 0.6 is 11.6 Å². The molecule has 0 radical (unpaired) electrons. The quantitative estimate of drug-likeness (QED) is 0.700. The molecule has 0 amide bonds. The number of nitrogens with zero attached hydrogens (tertiary/aromatic N) is 2. The average Bonchev–Trinajstić information content (AvgIpc) is 2.32. The van der Waals surface area contributed by atoms with Crippen LogP contribution in [-0.4, -0.2) is 9.38 Å². The molecule has 2 aromatic heterocycles. The highest BCUT2D eigenvalue weighted by Crippen LogP contribution is 2.20. The summed E-state index contributed by atoms with van der Waals surface area (Å²) in [7, 11) is 0. The van der Waals surface area contributed by atoms with E-state index in [1.165, 1.54) is 0 Å². The molecular formula is C9H10ClN3. The maximum atomic E-state index is 5.96. The summed E-state index contributed by atoms with van der Waals surface area (Å²) < 4.78 is 1.80. The lowest BCUT2D eigenvalue weighted by atomic mass is 10.3. The molecule has 0 aliphatic rings. The minimum atomic E-state index is 0.650. The Morgan fingerprint density at radius 1 is 1.46 bits per heavy atom. The van der Waals surface area contributed by atoms with E-state index in [2.05, 4.69) is 4.98 Å². The summed E-state index contributed by atoms with van der Waals surface area (Å²) in [4.78, 5) is 4.29. The van der Waals surface area contributed by atoms with E-state index in [1.807, 2.05) is 19.9 Å². The molecule has 0 spiro atoms. The number of hydrogen-bond acceptors (Lipinski definition) is 2. The van der Waals surface area contributed by atoms with Crippen molar-refractivity contribution in [1.29, 1.82) is 0 Å². The second kappa shape index (κ2) is 2.64. The first-order chi connectivity index (χ1) is 6.09. The number of anilines is 1. The van der Waals surface area contributed by atoms with Gasteiger partial charge in [-0.05, 0) is 25.5 Å². The van der Waals surface area contributed by atoms with Crippen LogP contribution in [0.2, 0.25) is 5.02 Å². The molecule has 2 aromatic rings. The number of aromatic nitrogens is 2. The summed E-state index contributed by atoms with van der Waals surface area (Å²) in [6, 6.07) is 1.92. The summed E-state index contributed by atoms with van der Waals surface area (Å²) in [6.45, 7) is 3.83. The first-order valence-electron chi connectivity index (χ1n) is 4.00. The molecule has 0 bridgehead atoms. The largest absolute Gasteiger partial charge is 0.383 e. The second-order valence-corrected chi connectivity index (χ2v) is 3.52. The summed E-state index contributed by atoms with van der Waals surface area (Å²) >= 11 is 5.96. The third-order valence-corrected chi connectivity index (χ3v) is 2.52. The predicted molar refractivity (Wildman–Crippen MR) is 54.1 cm³/mol. The summed E-state index contributed by atoms with van der Waals surface area (Å²) in [5.74, 6) is 0.650. The fourth-order valence-corrected chi connectivity index (χ4v) is 1.45. The fraction of sp³-hybridized carbons (Fsp3) is 0.222. The molecule has 2 N–H and O–H groups in total. The molecule has 2 rings (SSSR count). The van der Waals surface area contributed by atoms with Gasteiger partial charge in [0.05, 0.1) is 10.7 Å². The lowest BCUT2D eigenvalue weighted by molar-refractivity contribution is 1.18. The van der Waals surface area contributed by atoms with Gasteiger partial charge in [-0.3, -0.25) is 4.40 Å². The van der Waals surface area contributed by atoms with Crippen molar-refractivity contribution in [2.24, 2.45) is 0 Å².